The van der Waals surface area contributed by atoms with Crippen LogP contribution in [0.3, 0.4) is 0 Å². The van der Waals surface area contributed by atoms with E-state index < -0.39 is 30.5 Å². The van der Waals surface area contributed by atoms with Gasteiger partial charge in [-0.15, -0.1) is 0 Å². The summed E-state index contributed by atoms with van der Waals surface area (Å²) in [7, 11) is 0. The normalized spacial score (nSPS) is 15.0. The molecule has 0 fully saturated rings. The van der Waals surface area contributed by atoms with E-state index in [1.54, 1.807) is 18.2 Å². The van der Waals surface area contributed by atoms with E-state index >= 15 is 0 Å². The number of rotatable bonds is 4. The van der Waals surface area contributed by atoms with Gasteiger partial charge in [0.15, 0.2) is 0 Å². The maximum Gasteiger partial charge on any atom is 0.391 e. The first kappa shape index (κ1) is 17.3. The minimum atomic E-state index is -4.70. The summed E-state index contributed by atoms with van der Waals surface area (Å²) in [5, 5.41) is 10.7. The molecule has 0 aliphatic carbocycles. The third kappa shape index (κ3) is 4.72. The Balaban J connectivity index is 2.15. The molecule has 9 heteroatoms. The van der Waals surface area contributed by atoms with Gasteiger partial charge in [-0.1, -0.05) is 15.9 Å². The number of nitrogens with one attached hydrogen (secondary N) is 1. The lowest BCUT2D eigenvalue weighted by Gasteiger charge is -2.20. The predicted octanol–water partition coefficient (Wildman–Crippen LogP) is 2.75. The van der Waals surface area contributed by atoms with Gasteiger partial charge in [0, 0.05) is 10.0 Å². The quantitative estimate of drug-likeness (QED) is 0.824. The highest BCUT2D eigenvalue weighted by atomic mass is 79.9. The van der Waals surface area contributed by atoms with Crippen LogP contribution in [0.5, 0.6) is 5.75 Å². The first-order valence-corrected chi connectivity index (χ1v) is 7.18. The molecule has 1 aromatic rings. The number of ether oxygens (including phenoxy) is 1. The number of benzene rings is 1. The molecule has 0 saturated heterocycles. The SMILES string of the molecule is O=C(NC(CC(F)(F)F)C(=O)O)C1=Cc2cc(Br)ccc2OC1. The number of hydrogen-bond acceptors (Lipinski definition) is 3. The topological polar surface area (TPSA) is 75.6 Å². The second kappa shape index (κ2) is 6.61. The molecule has 0 aromatic heterocycles. The average molecular weight is 394 g/mol. The van der Waals surface area contributed by atoms with Gasteiger partial charge in [-0.05, 0) is 24.3 Å². The zero-order valence-corrected chi connectivity index (χ0v) is 13.1. The number of carboxylic acid groups (broad SMARTS) is 1. The number of carbonyl (C=O) groups excluding carboxylic acids is 1. The van der Waals surface area contributed by atoms with Crippen LogP contribution in [-0.4, -0.2) is 35.8 Å². The molecule has 1 heterocycles. The third-order valence-electron chi connectivity index (χ3n) is 3.02. The van der Waals surface area contributed by atoms with Gasteiger partial charge in [0.05, 0.1) is 12.0 Å². The highest BCUT2D eigenvalue weighted by molar-refractivity contribution is 9.10. The fourth-order valence-electron chi connectivity index (χ4n) is 1.96. The van der Waals surface area contributed by atoms with E-state index in [-0.39, 0.29) is 12.2 Å². The van der Waals surface area contributed by atoms with Gasteiger partial charge in [-0.3, -0.25) is 4.79 Å². The number of aliphatic carboxylic acids is 1. The van der Waals surface area contributed by atoms with Gasteiger partial charge < -0.3 is 15.2 Å². The second-order valence-corrected chi connectivity index (χ2v) is 5.74. The summed E-state index contributed by atoms with van der Waals surface area (Å²) in [5.74, 6) is -2.14. The van der Waals surface area contributed by atoms with Crippen LogP contribution in [0.2, 0.25) is 0 Å². The average Bonchev–Trinajstić information content (AvgIpc) is 2.44. The number of alkyl halides is 3. The highest BCUT2D eigenvalue weighted by Crippen LogP contribution is 2.29. The standard InChI is InChI=1S/C14H11BrF3NO4/c15-9-1-2-11-7(4-9)3-8(6-23-11)12(20)19-10(13(21)22)5-14(16,17)18/h1-4,10H,5-6H2,(H,19,20)(H,21,22). The summed E-state index contributed by atoms with van der Waals surface area (Å²) in [6.45, 7) is -0.154. The minimum Gasteiger partial charge on any atom is -0.488 e. The van der Waals surface area contributed by atoms with Crippen molar-refractivity contribution in [2.45, 2.75) is 18.6 Å². The lowest BCUT2D eigenvalue weighted by Crippen LogP contribution is -2.44. The van der Waals surface area contributed by atoms with Gasteiger partial charge >= 0.3 is 12.1 Å². The van der Waals surface area contributed by atoms with Gasteiger partial charge in [-0.2, -0.15) is 13.2 Å². The zero-order valence-electron chi connectivity index (χ0n) is 11.5. The Morgan fingerprint density at radius 1 is 1.39 bits per heavy atom. The highest BCUT2D eigenvalue weighted by Gasteiger charge is 2.36. The number of carbonyl (C=O) groups is 2. The summed E-state index contributed by atoms with van der Waals surface area (Å²) in [5.41, 5.74) is 0.613. The van der Waals surface area contributed by atoms with Crippen LogP contribution in [0.4, 0.5) is 13.2 Å². The molecule has 2 N–H and O–H groups in total. The lowest BCUT2D eigenvalue weighted by molar-refractivity contribution is -0.159. The van der Waals surface area contributed by atoms with Crippen LogP contribution in [0.25, 0.3) is 6.08 Å². The van der Waals surface area contributed by atoms with E-state index in [0.717, 1.165) is 4.47 Å². The van der Waals surface area contributed by atoms with Gasteiger partial charge in [0.25, 0.3) is 5.91 Å². The van der Waals surface area contributed by atoms with Gasteiger partial charge in [-0.25, -0.2) is 4.79 Å². The van der Waals surface area contributed by atoms with E-state index in [0.29, 0.717) is 11.3 Å². The molecular weight excluding hydrogens is 383 g/mol. The molecule has 1 unspecified atom stereocenters. The van der Waals surface area contributed by atoms with Gasteiger partial charge in [0.1, 0.15) is 18.4 Å². The molecule has 1 amide bonds. The molecule has 0 bridgehead atoms. The van der Waals surface area contributed by atoms with Crippen molar-refractivity contribution >= 4 is 33.9 Å². The van der Waals surface area contributed by atoms with E-state index in [9.17, 15) is 22.8 Å². The second-order valence-electron chi connectivity index (χ2n) is 4.82. The molecule has 0 radical (unpaired) electrons. The summed E-state index contributed by atoms with van der Waals surface area (Å²) in [6.07, 6.45) is -4.90. The van der Waals surface area contributed by atoms with Crippen molar-refractivity contribution in [2.75, 3.05) is 6.61 Å². The Morgan fingerprint density at radius 2 is 2.09 bits per heavy atom. The summed E-state index contributed by atoms with van der Waals surface area (Å²) < 4.78 is 43.1. The molecule has 1 aliphatic heterocycles. The Kier molecular flexibility index (Phi) is 4.98. The summed E-state index contributed by atoms with van der Waals surface area (Å²) >= 11 is 3.25. The Labute approximate surface area is 137 Å². The molecule has 0 spiro atoms. The molecular formula is C14H11BrF3NO4. The number of carboxylic acids is 1. The van der Waals surface area contributed by atoms with Crippen molar-refractivity contribution in [3.05, 3.63) is 33.8 Å². The first-order valence-electron chi connectivity index (χ1n) is 6.39. The van der Waals surface area contributed by atoms with Crippen molar-refractivity contribution < 1.29 is 32.6 Å². The van der Waals surface area contributed by atoms with Crippen LogP contribution in [0.1, 0.15) is 12.0 Å². The molecule has 5 nitrogen and oxygen atoms in total. The van der Waals surface area contributed by atoms with Crippen molar-refractivity contribution in [1.29, 1.82) is 0 Å². The van der Waals surface area contributed by atoms with E-state index in [2.05, 4.69) is 15.9 Å². The molecule has 1 atom stereocenters. The van der Waals surface area contributed by atoms with Gasteiger partial charge in [0.2, 0.25) is 0 Å². The number of halogens is 4. The van der Waals surface area contributed by atoms with Crippen molar-refractivity contribution in [3.63, 3.8) is 0 Å². The molecule has 1 aromatic carbocycles. The molecule has 0 saturated carbocycles. The number of hydrogen-bond donors (Lipinski definition) is 2. The van der Waals surface area contributed by atoms with Crippen LogP contribution in [0, 0.1) is 0 Å². The minimum absolute atomic E-state index is 0.0454. The Bertz CT molecular complexity index is 672. The molecule has 2 rings (SSSR count). The van der Waals surface area contributed by atoms with E-state index in [4.69, 9.17) is 9.84 Å². The third-order valence-corrected chi connectivity index (χ3v) is 3.51. The fraction of sp³-hybridized carbons (Fsp3) is 0.286. The Morgan fingerprint density at radius 3 is 2.70 bits per heavy atom. The van der Waals surface area contributed by atoms with Crippen molar-refractivity contribution in [2.24, 2.45) is 0 Å². The maximum absolute atomic E-state index is 12.3. The summed E-state index contributed by atoms with van der Waals surface area (Å²) in [6, 6.07) is 3.04. The molecule has 23 heavy (non-hydrogen) atoms. The van der Waals surface area contributed by atoms with E-state index in [1.807, 2.05) is 5.32 Å². The van der Waals surface area contributed by atoms with Crippen molar-refractivity contribution in [3.8, 4) is 5.75 Å². The van der Waals surface area contributed by atoms with E-state index in [1.165, 1.54) is 6.08 Å². The maximum atomic E-state index is 12.3. The molecule has 1 aliphatic rings. The van der Waals surface area contributed by atoms with Crippen LogP contribution in [-0.2, 0) is 9.59 Å². The number of amides is 1. The molecule has 124 valence electrons. The van der Waals surface area contributed by atoms with Crippen LogP contribution < -0.4 is 10.1 Å². The summed E-state index contributed by atoms with van der Waals surface area (Å²) in [4.78, 5) is 22.9. The zero-order chi connectivity index (χ0) is 17.2. The smallest absolute Gasteiger partial charge is 0.391 e. The number of fused-ring (bicyclic) bond motifs is 1. The Hall–Kier alpha value is -2.03. The van der Waals surface area contributed by atoms with Crippen LogP contribution in [0.15, 0.2) is 28.2 Å². The first-order chi connectivity index (χ1) is 10.7. The predicted molar refractivity (Wildman–Crippen MR) is 77.9 cm³/mol. The monoisotopic (exact) mass is 393 g/mol. The van der Waals surface area contributed by atoms with Crippen LogP contribution >= 0.6 is 15.9 Å². The van der Waals surface area contributed by atoms with Crippen molar-refractivity contribution in [1.82, 2.24) is 5.32 Å². The largest absolute Gasteiger partial charge is 0.488 e. The lowest BCUT2D eigenvalue weighted by atomic mass is 10.1. The fourth-order valence-corrected chi connectivity index (χ4v) is 2.34.